The molecule has 0 bridgehead atoms. The second kappa shape index (κ2) is 10.7. The van der Waals surface area contributed by atoms with Gasteiger partial charge in [-0.3, -0.25) is 24.6 Å². The summed E-state index contributed by atoms with van der Waals surface area (Å²) in [6, 6.07) is 7.78. The number of aryl methyl sites for hydroxylation is 1. The highest BCUT2D eigenvalue weighted by Crippen LogP contribution is 2.51. The van der Waals surface area contributed by atoms with E-state index in [0.29, 0.717) is 12.3 Å². The SMILES string of the molecule is Cc1ccc([C@H]2N[C@]3(CCCN(CC4CCCCC4)C3=O)[C@H]3C(=O)N(C)C(=O)[C@@H]23)cc1.O=C(O)C(F)(F)F. The molecular formula is C27H34F3N3O5. The van der Waals surface area contributed by atoms with Gasteiger partial charge in [-0.1, -0.05) is 49.1 Å². The molecule has 4 atom stereocenters. The lowest BCUT2D eigenvalue weighted by atomic mass is 9.74. The zero-order chi connectivity index (χ0) is 27.8. The van der Waals surface area contributed by atoms with Crippen molar-refractivity contribution in [3.8, 4) is 0 Å². The van der Waals surface area contributed by atoms with E-state index >= 15 is 0 Å². The summed E-state index contributed by atoms with van der Waals surface area (Å²) < 4.78 is 31.7. The second-order valence-corrected chi connectivity index (χ2v) is 10.9. The van der Waals surface area contributed by atoms with Gasteiger partial charge in [0.05, 0.1) is 11.8 Å². The minimum absolute atomic E-state index is 0.0328. The van der Waals surface area contributed by atoms with Crippen molar-refractivity contribution in [1.29, 1.82) is 0 Å². The number of carboxylic acid groups (broad SMARTS) is 1. The van der Waals surface area contributed by atoms with Gasteiger partial charge in [-0.15, -0.1) is 0 Å². The lowest BCUT2D eigenvalue weighted by molar-refractivity contribution is -0.192. The molecule has 1 aromatic rings. The fourth-order valence-corrected chi connectivity index (χ4v) is 6.53. The van der Waals surface area contributed by atoms with Gasteiger partial charge < -0.3 is 10.0 Å². The fraction of sp³-hybridized carbons (Fsp3) is 0.630. The summed E-state index contributed by atoms with van der Waals surface area (Å²) in [7, 11) is 1.57. The van der Waals surface area contributed by atoms with Crippen molar-refractivity contribution in [1.82, 2.24) is 15.1 Å². The highest BCUT2D eigenvalue weighted by atomic mass is 19.4. The first-order valence-electron chi connectivity index (χ1n) is 13.1. The molecule has 8 nitrogen and oxygen atoms in total. The van der Waals surface area contributed by atoms with Crippen molar-refractivity contribution >= 4 is 23.7 Å². The normalized spacial score (nSPS) is 29.9. The first-order valence-corrected chi connectivity index (χ1v) is 13.1. The number of carbonyl (C=O) groups excluding carboxylic acids is 3. The zero-order valence-electron chi connectivity index (χ0n) is 21.6. The van der Waals surface area contributed by atoms with E-state index in [0.717, 1.165) is 30.6 Å². The molecule has 4 fully saturated rings. The summed E-state index contributed by atoms with van der Waals surface area (Å²) in [6.07, 6.45) is 2.54. The van der Waals surface area contributed by atoms with Crippen LogP contribution >= 0.6 is 0 Å². The third-order valence-electron chi connectivity index (χ3n) is 8.42. The van der Waals surface area contributed by atoms with Crippen molar-refractivity contribution in [2.24, 2.45) is 17.8 Å². The van der Waals surface area contributed by atoms with Gasteiger partial charge in [0.1, 0.15) is 5.54 Å². The zero-order valence-corrected chi connectivity index (χ0v) is 21.6. The molecule has 0 radical (unpaired) electrons. The van der Waals surface area contributed by atoms with Gasteiger partial charge in [-0.05, 0) is 44.1 Å². The van der Waals surface area contributed by atoms with Crippen LogP contribution in [0, 0.1) is 24.7 Å². The number of imide groups is 1. The van der Waals surface area contributed by atoms with E-state index in [1.165, 1.54) is 37.0 Å². The molecule has 0 aromatic heterocycles. The van der Waals surface area contributed by atoms with Crippen LogP contribution in [0.2, 0.25) is 0 Å². The van der Waals surface area contributed by atoms with Crippen molar-refractivity contribution in [3.63, 3.8) is 0 Å². The molecule has 11 heteroatoms. The number of hydrogen-bond acceptors (Lipinski definition) is 5. The standard InChI is InChI=1S/C25H33N3O3.C2HF3O2/c1-16-9-11-18(12-10-16)21-19-20(23(30)27(2)22(19)29)25(26-21)13-6-14-28(24(25)31)15-17-7-4-3-5-8-17;3-2(4,5)1(6)7/h9-12,17,19-21,26H,3-8,13-15H2,1-2H3;(H,6,7)/t19-,20-,21-,25-;/m1./s1. The van der Waals surface area contributed by atoms with Crippen LogP contribution in [0.4, 0.5) is 13.2 Å². The number of hydrogen-bond donors (Lipinski definition) is 2. The highest BCUT2D eigenvalue weighted by Gasteiger charge is 2.68. The Labute approximate surface area is 219 Å². The smallest absolute Gasteiger partial charge is 0.475 e. The molecule has 3 saturated heterocycles. The first kappa shape index (κ1) is 28.1. The van der Waals surface area contributed by atoms with Crippen molar-refractivity contribution in [3.05, 3.63) is 35.4 Å². The van der Waals surface area contributed by atoms with Gasteiger partial charge in [0.25, 0.3) is 0 Å². The molecule has 0 unspecified atom stereocenters. The van der Waals surface area contributed by atoms with E-state index in [-0.39, 0.29) is 23.8 Å². The van der Waals surface area contributed by atoms with Crippen LogP contribution in [0.3, 0.4) is 0 Å². The molecule has 2 N–H and O–H groups in total. The summed E-state index contributed by atoms with van der Waals surface area (Å²) in [5.41, 5.74) is 1.16. The number of likely N-dealkylation sites (tertiary alicyclic amines) is 2. The molecule has 3 aliphatic heterocycles. The minimum atomic E-state index is -5.08. The summed E-state index contributed by atoms with van der Waals surface area (Å²) in [5, 5.41) is 10.7. The Morgan fingerprint density at radius 1 is 1.05 bits per heavy atom. The Morgan fingerprint density at radius 2 is 1.66 bits per heavy atom. The monoisotopic (exact) mass is 537 g/mol. The predicted octanol–water partition coefficient (Wildman–Crippen LogP) is 3.45. The number of benzene rings is 1. The maximum absolute atomic E-state index is 13.9. The van der Waals surface area contributed by atoms with Crippen LogP contribution < -0.4 is 5.32 Å². The van der Waals surface area contributed by atoms with Gasteiger partial charge >= 0.3 is 12.1 Å². The van der Waals surface area contributed by atoms with Crippen LogP contribution in [-0.2, 0) is 19.2 Å². The lowest BCUT2D eigenvalue weighted by Gasteiger charge is -2.43. The lowest BCUT2D eigenvalue weighted by Crippen LogP contribution is -2.63. The average molecular weight is 538 g/mol. The molecule has 1 aliphatic carbocycles. The molecular weight excluding hydrogens is 503 g/mol. The Balaban J connectivity index is 0.000000426. The number of carboxylic acids is 1. The molecule has 3 amide bonds. The number of nitrogens with zero attached hydrogens (tertiary/aromatic N) is 2. The van der Waals surface area contributed by atoms with E-state index < -0.39 is 29.5 Å². The number of rotatable bonds is 3. The van der Waals surface area contributed by atoms with E-state index in [9.17, 15) is 27.6 Å². The maximum atomic E-state index is 13.9. The third kappa shape index (κ3) is 5.17. The Hall–Kier alpha value is -2.95. The van der Waals surface area contributed by atoms with E-state index in [4.69, 9.17) is 9.90 Å². The third-order valence-corrected chi connectivity index (χ3v) is 8.42. The number of alkyl halides is 3. The van der Waals surface area contributed by atoms with Crippen molar-refractivity contribution < 1.29 is 37.5 Å². The van der Waals surface area contributed by atoms with Gasteiger partial charge in [0, 0.05) is 26.2 Å². The second-order valence-electron chi connectivity index (χ2n) is 10.9. The molecule has 3 heterocycles. The number of aliphatic carboxylic acids is 1. The van der Waals surface area contributed by atoms with Gasteiger partial charge in [-0.2, -0.15) is 13.2 Å². The Bertz CT molecular complexity index is 1090. The van der Waals surface area contributed by atoms with E-state index in [1.54, 1.807) is 7.05 Å². The quantitative estimate of drug-likeness (QED) is 0.572. The summed E-state index contributed by atoms with van der Waals surface area (Å²) in [4.78, 5) is 52.4. The molecule has 4 aliphatic rings. The predicted molar refractivity (Wildman–Crippen MR) is 131 cm³/mol. The topological polar surface area (TPSA) is 107 Å². The fourth-order valence-electron chi connectivity index (χ4n) is 6.53. The molecule has 5 rings (SSSR count). The molecule has 1 saturated carbocycles. The van der Waals surface area contributed by atoms with Crippen LogP contribution in [-0.4, -0.2) is 70.4 Å². The largest absolute Gasteiger partial charge is 0.490 e. The number of fused-ring (bicyclic) bond motifs is 2. The van der Waals surface area contributed by atoms with E-state index in [2.05, 4.69) is 5.32 Å². The average Bonchev–Trinajstić information content (AvgIpc) is 3.32. The highest BCUT2D eigenvalue weighted by molar-refractivity contribution is 6.10. The van der Waals surface area contributed by atoms with Crippen molar-refractivity contribution in [2.45, 2.75) is 69.6 Å². The van der Waals surface area contributed by atoms with Crippen LogP contribution in [0.25, 0.3) is 0 Å². The molecule has 38 heavy (non-hydrogen) atoms. The summed E-state index contributed by atoms with van der Waals surface area (Å²) in [6.45, 7) is 3.57. The number of piperidine rings is 1. The number of halogens is 3. The number of amides is 3. The molecule has 208 valence electrons. The minimum Gasteiger partial charge on any atom is -0.475 e. The first-order chi connectivity index (χ1) is 17.9. The van der Waals surface area contributed by atoms with Crippen LogP contribution in [0.15, 0.2) is 24.3 Å². The summed E-state index contributed by atoms with van der Waals surface area (Å²) >= 11 is 0. The molecule has 1 aromatic carbocycles. The van der Waals surface area contributed by atoms with Gasteiger partial charge in [0.2, 0.25) is 17.7 Å². The van der Waals surface area contributed by atoms with Crippen LogP contribution in [0.5, 0.6) is 0 Å². The van der Waals surface area contributed by atoms with Crippen LogP contribution in [0.1, 0.15) is 62.1 Å². The maximum Gasteiger partial charge on any atom is 0.490 e. The van der Waals surface area contributed by atoms with E-state index in [1.807, 2.05) is 36.1 Å². The Morgan fingerprint density at radius 3 is 2.24 bits per heavy atom. The van der Waals surface area contributed by atoms with Crippen molar-refractivity contribution in [2.75, 3.05) is 20.1 Å². The number of carbonyl (C=O) groups is 4. The van der Waals surface area contributed by atoms with Gasteiger partial charge in [0.15, 0.2) is 0 Å². The van der Waals surface area contributed by atoms with Gasteiger partial charge in [-0.25, -0.2) is 4.79 Å². The number of nitrogens with one attached hydrogen (secondary N) is 1. The summed E-state index contributed by atoms with van der Waals surface area (Å²) in [5.74, 6) is -3.66. The molecule has 1 spiro atoms. The Kier molecular flexibility index (Phi) is 7.88.